The molecule has 0 bridgehead atoms. The van der Waals surface area contributed by atoms with Gasteiger partial charge in [-0.1, -0.05) is 67.9 Å². The lowest BCUT2D eigenvalue weighted by Crippen LogP contribution is -2.43. The Bertz CT molecular complexity index is 378. The Labute approximate surface area is 137 Å². The van der Waals surface area contributed by atoms with Crippen LogP contribution in [-0.2, 0) is 0 Å². The van der Waals surface area contributed by atoms with Crippen molar-refractivity contribution < 1.29 is 8.78 Å². The molecule has 0 radical (unpaired) electrons. The van der Waals surface area contributed by atoms with Gasteiger partial charge in [0.05, 0.1) is 5.92 Å². The topological polar surface area (TPSA) is 0 Å². The summed E-state index contributed by atoms with van der Waals surface area (Å²) in [6.45, 7) is 18.5. The van der Waals surface area contributed by atoms with Gasteiger partial charge in [0.25, 0.3) is 5.92 Å². The first-order chi connectivity index (χ1) is 10.1. The van der Waals surface area contributed by atoms with E-state index in [0.29, 0.717) is 23.0 Å². The van der Waals surface area contributed by atoms with Crippen LogP contribution in [0.1, 0.15) is 67.7 Å². The standard InChI is InChI=1S/C19H34F2Si/c1-9-11-12-18(19(20,21)10-2)13-14-22(15(3)4,16(5)6)17(7)8/h10,15-18H,2,9,11-12H2,1,3-8H3. The molecule has 0 aromatic carbocycles. The van der Waals surface area contributed by atoms with Gasteiger partial charge in [-0.15, -0.1) is 11.5 Å². The van der Waals surface area contributed by atoms with E-state index in [1.807, 2.05) is 6.92 Å². The molecule has 0 N–H and O–H groups in total. The fourth-order valence-corrected chi connectivity index (χ4v) is 8.85. The molecule has 22 heavy (non-hydrogen) atoms. The Hall–Kier alpha value is -0.623. The van der Waals surface area contributed by atoms with Crippen LogP contribution in [0, 0.1) is 17.4 Å². The van der Waals surface area contributed by atoms with Crippen molar-refractivity contribution >= 4 is 8.07 Å². The van der Waals surface area contributed by atoms with E-state index in [4.69, 9.17) is 0 Å². The molecule has 0 aliphatic rings. The monoisotopic (exact) mass is 328 g/mol. The highest BCUT2D eigenvalue weighted by molar-refractivity contribution is 6.90. The van der Waals surface area contributed by atoms with Crippen molar-refractivity contribution in [1.29, 1.82) is 0 Å². The Morgan fingerprint density at radius 1 is 1.05 bits per heavy atom. The molecule has 1 atom stereocenters. The van der Waals surface area contributed by atoms with Crippen LogP contribution in [0.4, 0.5) is 8.78 Å². The minimum Gasteiger partial charge on any atom is -0.201 e. The number of hydrogen-bond acceptors (Lipinski definition) is 0. The molecular weight excluding hydrogens is 294 g/mol. The highest BCUT2D eigenvalue weighted by atomic mass is 28.3. The van der Waals surface area contributed by atoms with Crippen molar-refractivity contribution in [1.82, 2.24) is 0 Å². The number of allylic oxidation sites excluding steroid dienone is 1. The van der Waals surface area contributed by atoms with E-state index < -0.39 is 19.9 Å². The maximum atomic E-state index is 14.1. The van der Waals surface area contributed by atoms with Gasteiger partial charge in [0.1, 0.15) is 8.07 Å². The van der Waals surface area contributed by atoms with E-state index in [2.05, 4.69) is 59.6 Å². The van der Waals surface area contributed by atoms with Gasteiger partial charge >= 0.3 is 0 Å². The number of alkyl halides is 2. The van der Waals surface area contributed by atoms with E-state index in [0.717, 1.165) is 18.9 Å². The van der Waals surface area contributed by atoms with Gasteiger partial charge in [0, 0.05) is 0 Å². The third-order valence-corrected chi connectivity index (χ3v) is 11.2. The molecule has 0 saturated heterocycles. The molecular formula is C19H34F2Si. The minimum absolute atomic E-state index is 0.446. The molecule has 0 fully saturated rings. The van der Waals surface area contributed by atoms with Crippen LogP contribution < -0.4 is 0 Å². The van der Waals surface area contributed by atoms with Crippen LogP contribution in [0.25, 0.3) is 0 Å². The van der Waals surface area contributed by atoms with Crippen LogP contribution in [0.15, 0.2) is 12.7 Å². The van der Waals surface area contributed by atoms with Crippen molar-refractivity contribution in [2.75, 3.05) is 0 Å². The highest BCUT2D eigenvalue weighted by Gasteiger charge is 2.42. The largest absolute Gasteiger partial charge is 0.279 e. The second-order valence-corrected chi connectivity index (χ2v) is 12.8. The average molecular weight is 329 g/mol. The molecule has 0 saturated carbocycles. The fraction of sp³-hybridized carbons (Fsp3) is 0.789. The van der Waals surface area contributed by atoms with Gasteiger partial charge in [0.15, 0.2) is 0 Å². The Morgan fingerprint density at radius 2 is 1.50 bits per heavy atom. The van der Waals surface area contributed by atoms with Gasteiger partial charge in [-0.2, -0.15) is 0 Å². The number of halogens is 2. The molecule has 0 aromatic heterocycles. The van der Waals surface area contributed by atoms with E-state index in [1.165, 1.54) is 0 Å². The predicted octanol–water partition coefficient (Wildman–Crippen LogP) is 6.84. The van der Waals surface area contributed by atoms with Crippen molar-refractivity contribution in [2.45, 2.75) is 90.3 Å². The summed E-state index contributed by atoms with van der Waals surface area (Å²) in [6, 6.07) is 0. The SMILES string of the molecule is C=CC(F)(F)C(C#C[Si](C(C)C)(C(C)C)C(C)C)CCCC. The third kappa shape index (κ3) is 4.95. The zero-order chi connectivity index (χ0) is 17.6. The first-order valence-corrected chi connectivity index (χ1v) is 10.8. The van der Waals surface area contributed by atoms with Crippen LogP contribution in [0.5, 0.6) is 0 Å². The normalized spacial score (nSPS) is 14.2. The first-order valence-electron chi connectivity index (χ1n) is 8.60. The molecule has 3 heteroatoms. The lowest BCUT2D eigenvalue weighted by Gasteiger charge is -2.38. The van der Waals surface area contributed by atoms with Gasteiger partial charge in [-0.3, -0.25) is 0 Å². The van der Waals surface area contributed by atoms with Crippen molar-refractivity contribution in [2.24, 2.45) is 5.92 Å². The molecule has 1 unspecified atom stereocenters. The first kappa shape index (κ1) is 21.4. The molecule has 0 heterocycles. The molecule has 0 aromatic rings. The van der Waals surface area contributed by atoms with Crippen LogP contribution in [-0.4, -0.2) is 14.0 Å². The Morgan fingerprint density at radius 3 is 1.82 bits per heavy atom. The summed E-state index contributed by atoms with van der Waals surface area (Å²) in [7, 11) is -1.95. The molecule has 0 spiro atoms. The zero-order valence-electron chi connectivity index (χ0n) is 15.5. The maximum absolute atomic E-state index is 14.1. The maximum Gasteiger partial charge on any atom is 0.279 e. The van der Waals surface area contributed by atoms with E-state index in [1.54, 1.807) is 0 Å². The summed E-state index contributed by atoms with van der Waals surface area (Å²) in [5.74, 6) is -0.770. The number of unbranched alkanes of at least 4 members (excludes halogenated alkanes) is 1. The van der Waals surface area contributed by atoms with Crippen molar-refractivity contribution in [3.05, 3.63) is 12.7 Å². The summed E-state index contributed by atoms with van der Waals surface area (Å²) in [5.41, 5.74) is 4.83. The summed E-state index contributed by atoms with van der Waals surface area (Å²) < 4.78 is 28.2. The van der Waals surface area contributed by atoms with Gasteiger partial charge in [-0.05, 0) is 29.1 Å². The summed E-state index contributed by atoms with van der Waals surface area (Å²) in [6.07, 6.45) is 2.90. The van der Waals surface area contributed by atoms with E-state index >= 15 is 0 Å². The number of hydrogen-bond donors (Lipinski definition) is 0. The third-order valence-electron chi connectivity index (χ3n) is 4.91. The molecule has 128 valence electrons. The predicted molar refractivity (Wildman–Crippen MR) is 97.0 cm³/mol. The average Bonchev–Trinajstić information content (AvgIpc) is 2.41. The quantitative estimate of drug-likeness (QED) is 0.260. The van der Waals surface area contributed by atoms with Gasteiger partial charge in [0.2, 0.25) is 0 Å². The zero-order valence-corrected chi connectivity index (χ0v) is 16.5. The fourth-order valence-electron chi connectivity index (χ4n) is 3.56. The van der Waals surface area contributed by atoms with Crippen LogP contribution >= 0.6 is 0 Å². The summed E-state index contributed by atoms with van der Waals surface area (Å²) in [5, 5.41) is 0. The van der Waals surface area contributed by atoms with Crippen molar-refractivity contribution in [3.63, 3.8) is 0 Å². The smallest absolute Gasteiger partial charge is 0.201 e. The minimum atomic E-state index is -2.90. The van der Waals surface area contributed by atoms with Crippen LogP contribution in [0.3, 0.4) is 0 Å². The van der Waals surface area contributed by atoms with E-state index in [9.17, 15) is 8.78 Å². The van der Waals surface area contributed by atoms with Gasteiger partial charge < -0.3 is 0 Å². The van der Waals surface area contributed by atoms with Gasteiger partial charge in [-0.25, -0.2) is 8.78 Å². The molecule has 0 amide bonds. The molecule has 0 aliphatic heterocycles. The van der Waals surface area contributed by atoms with Crippen molar-refractivity contribution in [3.8, 4) is 11.5 Å². The molecule has 0 aliphatic carbocycles. The lowest BCUT2D eigenvalue weighted by atomic mass is 9.96. The lowest BCUT2D eigenvalue weighted by molar-refractivity contribution is 0.0111. The number of rotatable bonds is 8. The second-order valence-electron chi connectivity index (χ2n) is 7.24. The summed E-state index contributed by atoms with van der Waals surface area (Å²) >= 11 is 0. The molecule has 0 nitrogen and oxygen atoms in total. The molecule has 0 rings (SSSR count). The Balaban J connectivity index is 5.75. The van der Waals surface area contributed by atoms with Crippen LogP contribution in [0.2, 0.25) is 16.6 Å². The second kappa shape index (κ2) is 8.87. The highest BCUT2D eigenvalue weighted by Crippen LogP contribution is 2.41. The Kier molecular flexibility index (Phi) is 8.61. The summed E-state index contributed by atoms with van der Waals surface area (Å²) in [4.78, 5) is 0. The van der Waals surface area contributed by atoms with E-state index in [-0.39, 0.29) is 0 Å².